The van der Waals surface area contributed by atoms with Crippen LogP contribution in [-0.2, 0) is 14.6 Å². The zero-order valence-corrected chi connectivity index (χ0v) is 16.9. The summed E-state index contributed by atoms with van der Waals surface area (Å²) in [5, 5.41) is -0.759. The maximum absolute atomic E-state index is 13.4. The molecular weight excluding hydrogens is 382 g/mol. The molecule has 0 amide bonds. The van der Waals surface area contributed by atoms with Gasteiger partial charge in [0.2, 0.25) is 0 Å². The predicted octanol–water partition coefficient (Wildman–Crippen LogP) is 2.94. The Morgan fingerprint density at radius 1 is 1.15 bits per heavy atom. The molecule has 1 saturated carbocycles. The van der Waals surface area contributed by atoms with Crippen LogP contribution in [0.3, 0.4) is 0 Å². The van der Waals surface area contributed by atoms with Gasteiger partial charge < -0.3 is 15.2 Å². The van der Waals surface area contributed by atoms with Crippen molar-refractivity contribution in [2.24, 2.45) is 11.1 Å². The highest BCUT2D eigenvalue weighted by atomic mass is 32.2. The summed E-state index contributed by atoms with van der Waals surface area (Å²) < 4.78 is 37.6. The first kappa shape index (κ1) is 19.8. The van der Waals surface area contributed by atoms with E-state index in [9.17, 15) is 8.42 Å². The van der Waals surface area contributed by atoms with Crippen LogP contribution in [0.2, 0.25) is 0 Å². The Bertz CT molecular complexity index is 913. The summed E-state index contributed by atoms with van der Waals surface area (Å²) in [4.78, 5) is 0.435. The standard InChI is InChI=1S/C20H23NO4S2/c1-3-25-13-20(19(21)26)17(14-9-11-15(24-2)12-10-14)18(20)27(22,23)16-7-5-4-6-8-16/h4-12,17-18H,3,13H2,1-2H3,(H2,21,26)/t17-,18-,20-/m0/s1. The van der Waals surface area contributed by atoms with Crippen LogP contribution in [0, 0.1) is 5.41 Å². The molecular formula is C20H23NO4S2. The fourth-order valence-corrected chi connectivity index (χ4v) is 6.50. The van der Waals surface area contributed by atoms with Crippen LogP contribution in [0.15, 0.2) is 59.5 Å². The van der Waals surface area contributed by atoms with Gasteiger partial charge in [-0.3, -0.25) is 0 Å². The highest BCUT2D eigenvalue weighted by Crippen LogP contribution is 2.64. The van der Waals surface area contributed by atoms with E-state index in [4.69, 9.17) is 27.4 Å². The minimum atomic E-state index is -3.64. The van der Waals surface area contributed by atoms with Gasteiger partial charge in [-0.25, -0.2) is 8.42 Å². The third-order valence-corrected chi connectivity index (χ3v) is 7.81. The van der Waals surface area contributed by atoms with Crippen molar-refractivity contribution in [3.8, 4) is 5.75 Å². The van der Waals surface area contributed by atoms with E-state index in [2.05, 4.69) is 0 Å². The van der Waals surface area contributed by atoms with Gasteiger partial charge in [0.25, 0.3) is 0 Å². The molecule has 1 aliphatic carbocycles. The second kappa shape index (κ2) is 7.58. The third-order valence-electron chi connectivity index (χ3n) is 5.14. The fourth-order valence-electron chi connectivity index (χ4n) is 3.71. The van der Waals surface area contributed by atoms with E-state index in [0.29, 0.717) is 12.4 Å². The maximum atomic E-state index is 13.4. The molecule has 0 unspecified atom stereocenters. The van der Waals surface area contributed by atoms with E-state index in [0.717, 1.165) is 5.56 Å². The van der Waals surface area contributed by atoms with Crippen molar-refractivity contribution in [2.45, 2.75) is 23.0 Å². The van der Waals surface area contributed by atoms with Gasteiger partial charge in [0.1, 0.15) is 5.75 Å². The van der Waals surface area contributed by atoms with Crippen LogP contribution in [0.4, 0.5) is 0 Å². The molecule has 27 heavy (non-hydrogen) atoms. The Kier molecular flexibility index (Phi) is 5.55. The van der Waals surface area contributed by atoms with Crippen LogP contribution in [-0.4, -0.2) is 39.0 Å². The summed E-state index contributed by atoms with van der Waals surface area (Å²) >= 11 is 5.34. The average molecular weight is 406 g/mol. The number of sulfone groups is 1. The smallest absolute Gasteiger partial charge is 0.182 e. The molecule has 3 rings (SSSR count). The largest absolute Gasteiger partial charge is 0.497 e. The van der Waals surface area contributed by atoms with Crippen molar-refractivity contribution in [3.05, 3.63) is 60.2 Å². The number of thiocarbonyl (C=S) groups is 1. The number of hydrogen-bond acceptors (Lipinski definition) is 5. The number of nitrogens with two attached hydrogens (primary N) is 1. The molecule has 5 nitrogen and oxygen atoms in total. The van der Waals surface area contributed by atoms with Crippen molar-refractivity contribution in [2.75, 3.05) is 20.3 Å². The summed E-state index contributed by atoms with van der Waals surface area (Å²) in [6.45, 7) is 2.49. The minimum Gasteiger partial charge on any atom is -0.497 e. The molecule has 1 aliphatic rings. The van der Waals surface area contributed by atoms with Gasteiger partial charge >= 0.3 is 0 Å². The molecule has 0 aromatic heterocycles. The highest BCUT2D eigenvalue weighted by Gasteiger charge is 2.73. The van der Waals surface area contributed by atoms with Crippen molar-refractivity contribution >= 4 is 27.0 Å². The Morgan fingerprint density at radius 3 is 2.30 bits per heavy atom. The molecule has 0 heterocycles. The lowest BCUT2D eigenvalue weighted by Gasteiger charge is -2.17. The van der Waals surface area contributed by atoms with Gasteiger partial charge in [-0.15, -0.1) is 0 Å². The number of ether oxygens (including phenoxy) is 2. The summed E-state index contributed by atoms with van der Waals surface area (Å²) in [5.41, 5.74) is 6.02. The van der Waals surface area contributed by atoms with Gasteiger partial charge in [0, 0.05) is 12.5 Å². The maximum Gasteiger partial charge on any atom is 0.182 e. The Balaban J connectivity index is 2.08. The van der Waals surface area contributed by atoms with E-state index in [1.54, 1.807) is 37.4 Å². The van der Waals surface area contributed by atoms with Gasteiger partial charge in [-0.05, 0) is 36.8 Å². The second-order valence-electron chi connectivity index (χ2n) is 6.57. The van der Waals surface area contributed by atoms with Crippen LogP contribution in [0.1, 0.15) is 18.4 Å². The Morgan fingerprint density at radius 2 is 1.78 bits per heavy atom. The molecule has 0 saturated heterocycles. The van der Waals surface area contributed by atoms with E-state index in [1.165, 1.54) is 0 Å². The van der Waals surface area contributed by atoms with Gasteiger partial charge in [0.15, 0.2) is 9.84 Å². The normalized spacial score (nSPS) is 24.4. The lowest BCUT2D eigenvalue weighted by molar-refractivity contribution is 0.121. The van der Waals surface area contributed by atoms with Crippen molar-refractivity contribution in [1.29, 1.82) is 0 Å². The molecule has 7 heteroatoms. The van der Waals surface area contributed by atoms with E-state index in [-0.39, 0.29) is 22.4 Å². The zero-order chi connectivity index (χ0) is 19.7. The Labute approximate surface area is 165 Å². The molecule has 2 aromatic carbocycles. The molecule has 2 aromatic rings. The van der Waals surface area contributed by atoms with Crippen LogP contribution < -0.4 is 10.5 Å². The summed E-state index contributed by atoms with van der Waals surface area (Å²) in [6.07, 6.45) is 0. The SMILES string of the molecule is CCOC[C@]1(C(N)=S)[C@@H](c2ccc(OC)cc2)[C@@H]1S(=O)(=O)c1ccccc1. The first-order chi connectivity index (χ1) is 12.9. The molecule has 0 bridgehead atoms. The number of methoxy groups -OCH3 is 1. The van der Waals surface area contributed by atoms with E-state index < -0.39 is 20.5 Å². The van der Waals surface area contributed by atoms with Crippen LogP contribution >= 0.6 is 12.2 Å². The average Bonchev–Trinajstić information content (AvgIpc) is 3.38. The van der Waals surface area contributed by atoms with E-state index >= 15 is 0 Å². The van der Waals surface area contributed by atoms with Crippen molar-refractivity contribution in [3.63, 3.8) is 0 Å². The van der Waals surface area contributed by atoms with Crippen LogP contribution in [0.5, 0.6) is 5.75 Å². The monoisotopic (exact) mass is 405 g/mol. The zero-order valence-electron chi connectivity index (χ0n) is 15.3. The minimum absolute atomic E-state index is 0.168. The molecule has 144 valence electrons. The lowest BCUT2D eigenvalue weighted by atomic mass is 10.00. The quantitative estimate of drug-likeness (QED) is 0.681. The van der Waals surface area contributed by atoms with Gasteiger partial charge in [-0.2, -0.15) is 0 Å². The number of benzene rings is 2. The lowest BCUT2D eigenvalue weighted by Crippen LogP contribution is -2.33. The molecule has 0 aliphatic heterocycles. The second-order valence-corrected chi connectivity index (χ2v) is 9.08. The van der Waals surface area contributed by atoms with Crippen molar-refractivity contribution in [1.82, 2.24) is 0 Å². The number of hydrogen-bond donors (Lipinski definition) is 1. The first-order valence-electron chi connectivity index (χ1n) is 8.70. The van der Waals surface area contributed by atoms with E-state index in [1.807, 2.05) is 31.2 Å². The van der Waals surface area contributed by atoms with Crippen molar-refractivity contribution < 1.29 is 17.9 Å². The van der Waals surface area contributed by atoms with Crippen LogP contribution in [0.25, 0.3) is 0 Å². The fraction of sp³-hybridized carbons (Fsp3) is 0.350. The molecule has 0 radical (unpaired) electrons. The summed E-state index contributed by atoms with van der Waals surface area (Å²) in [5.74, 6) is 0.338. The predicted molar refractivity (Wildman–Crippen MR) is 109 cm³/mol. The summed E-state index contributed by atoms with van der Waals surface area (Å²) in [6, 6.07) is 15.8. The molecule has 1 fully saturated rings. The highest BCUT2D eigenvalue weighted by molar-refractivity contribution is 7.92. The summed E-state index contributed by atoms with van der Waals surface area (Å²) in [7, 11) is -2.05. The molecule has 2 N–H and O–H groups in total. The molecule has 0 spiro atoms. The first-order valence-corrected chi connectivity index (χ1v) is 10.7. The Hall–Kier alpha value is -1.96. The van der Waals surface area contributed by atoms with Gasteiger partial charge in [-0.1, -0.05) is 42.5 Å². The third kappa shape index (κ3) is 3.35. The topological polar surface area (TPSA) is 78.6 Å². The number of rotatable bonds is 8. The molecule has 3 atom stereocenters. The van der Waals surface area contributed by atoms with Gasteiger partial charge in [0.05, 0.1) is 34.3 Å².